The summed E-state index contributed by atoms with van der Waals surface area (Å²) in [5.74, 6) is 4.67. The van der Waals surface area contributed by atoms with E-state index in [2.05, 4.69) is 55.1 Å². The standard InChI is InChI=1S/C20H29N7O/c1-14(2)20-22-17(13-28-20)11-26-8-5-16(6-9-26)19-24-23-18(25(19)4)12-27-10-7-21-15(27)3/h7,10,13-14,16H,5-6,8-9,11-12H2,1-4H3. The molecule has 0 radical (unpaired) electrons. The number of rotatable bonds is 6. The molecule has 1 aliphatic rings. The Morgan fingerprint density at radius 3 is 2.61 bits per heavy atom. The Balaban J connectivity index is 1.35. The van der Waals surface area contributed by atoms with Crippen LogP contribution in [0.15, 0.2) is 23.1 Å². The third kappa shape index (κ3) is 3.87. The summed E-state index contributed by atoms with van der Waals surface area (Å²) in [7, 11) is 2.08. The van der Waals surface area contributed by atoms with Gasteiger partial charge in [0.05, 0.1) is 12.2 Å². The lowest BCUT2D eigenvalue weighted by atomic mass is 9.96. The van der Waals surface area contributed by atoms with E-state index in [0.29, 0.717) is 18.4 Å². The molecule has 4 rings (SSSR count). The number of likely N-dealkylation sites (tertiary alicyclic amines) is 1. The monoisotopic (exact) mass is 383 g/mol. The maximum Gasteiger partial charge on any atom is 0.196 e. The highest BCUT2D eigenvalue weighted by atomic mass is 16.3. The topological polar surface area (TPSA) is 77.8 Å². The average molecular weight is 384 g/mol. The van der Waals surface area contributed by atoms with Crippen molar-refractivity contribution in [3.63, 3.8) is 0 Å². The summed E-state index contributed by atoms with van der Waals surface area (Å²) in [5.41, 5.74) is 1.03. The minimum atomic E-state index is 0.329. The Morgan fingerprint density at radius 1 is 1.18 bits per heavy atom. The Kier molecular flexibility index (Phi) is 5.30. The van der Waals surface area contributed by atoms with Crippen LogP contribution < -0.4 is 0 Å². The van der Waals surface area contributed by atoms with E-state index in [1.165, 1.54) is 0 Å². The van der Waals surface area contributed by atoms with E-state index in [-0.39, 0.29) is 0 Å². The van der Waals surface area contributed by atoms with Gasteiger partial charge in [0, 0.05) is 37.8 Å². The van der Waals surface area contributed by atoms with Crippen LogP contribution in [0.2, 0.25) is 0 Å². The van der Waals surface area contributed by atoms with Crippen molar-refractivity contribution >= 4 is 0 Å². The van der Waals surface area contributed by atoms with Gasteiger partial charge in [-0.05, 0) is 32.9 Å². The van der Waals surface area contributed by atoms with Gasteiger partial charge >= 0.3 is 0 Å². The molecular weight excluding hydrogens is 354 g/mol. The SMILES string of the molecule is Cc1nccn1Cc1nnc(C2CCN(Cc3coc(C(C)C)n3)CC2)n1C. The molecule has 8 heteroatoms. The van der Waals surface area contributed by atoms with Crippen LogP contribution in [-0.4, -0.2) is 47.3 Å². The molecule has 0 spiro atoms. The minimum absolute atomic E-state index is 0.329. The quantitative estimate of drug-likeness (QED) is 0.651. The molecule has 0 aromatic carbocycles. The Morgan fingerprint density at radius 2 is 1.96 bits per heavy atom. The summed E-state index contributed by atoms with van der Waals surface area (Å²) < 4.78 is 9.82. The molecule has 0 N–H and O–H groups in total. The normalized spacial score (nSPS) is 16.3. The maximum absolute atomic E-state index is 5.56. The number of nitrogens with zero attached hydrogens (tertiary/aromatic N) is 7. The van der Waals surface area contributed by atoms with Crippen molar-refractivity contribution in [2.24, 2.45) is 7.05 Å². The summed E-state index contributed by atoms with van der Waals surface area (Å²) in [5, 5.41) is 8.96. The van der Waals surface area contributed by atoms with Crippen LogP contribution in [0.4, 0.5) is 0 Å². The lowest BCUT2D eigenvalue weighted by Gasteiger charge is -2.30. The van der Waals surface area contributed by atoms with Crippen LogP contribution >= 0.6 is 0 Å². The smallest absolute Gasteiger partial charge is 0.196 e. The molecule has 3 aromatic rings. The fraction of sp³-hybridized carbons (Fsp3) is 0.600. The van der Waals surface area contributed by atoms with E-state index in [1.807, 2.05) is 19.3 Å². The van der Waals surface area contributed by atoms with E-state index < -0.39 is 0 Å². The van der Waals surface area contributed by atoms with Gasteiger partial charge in [-0.2, -0.15) is 0 Å². The molecule has 1 saturated heterocycles. The molecule has 8 nitrogen and oxygen atoms in total. The van der Waals surface area contributed by atoms with Crippen LogP contribution in [-0.2, 0) is 20.1 Å². The number of aryl methyl sites for hydroxylation is 1. The molecule has 4 heterocycles. The first-order valence-corrected chi connectivity index (χ1v) is 10.0. The second kappa shape index (κ2) is 7.87. The second-order valence-corrected chi connectivity index (χ2v) is 8.02. The zero-order chi connectivity index (χ0) is 19.7. The van der Waals surface area contributed by atoms with Crippen molar-refractivity contribution < 1.29 is 4.42 Å². The van der Waals surface area contributed by atoms with Gasteiger partial charge in [-0.1, -0.05) is 13.8 Å². The number of hydrogen-bond acceptors (Lipinski definition) is 6. The van der Waals surface area contributed by atoms with Crippen molar-refractivity contribution in [2.45, 2.75) is 58.5 Å². The van der Waals surface area contributed by atoms with Gasteiger partial charge in [0.2, 0.25) is 0 Å². The lowest BCUT2D eigenvalue weighted by Crippen LogP contribution is -2.33. The predicted molar refractivity (Wildman–Crippen MR) is 105 cm³/mol. The molecule has 3 aromatic heterocycles. The largest absolute Gasteiger partial charge is 0.448 e. The highest BCUT2D eigenvalue weighted by molar-refractivity contribution is 5.06. The lowest BCUT2D eigenvalue weighted by molar-refractivity contribution is 0.198. The fourth-order valence-corrected chi connectivity index (χ4v) is 3.83. The van der Waals surface area contributed by atoms with Gasteiger partial charge in [0.15, 0.2) is 11.7 Å². The average Bonchev–Trinajstić information content (AvgIpc) is 3.39. The van der Waals surface area contributed by atoms with E-state index in [9.17, 15) is 0 Å². The molecule has 28 heavy (non-hydrogen) atoms. The Labute approximate surface area is 165 Å². The first-order chi connectivity index (χ1) is 13.5. The summed E-state index contributed by atoms with van der Waals surface area (Å²) in [4.78, 5) is 11.3. The van der Waals surface area contributed by atoms with Gasteiger partial charge in [-0.3, -0.25) is 4.90 Å². The third-order valence-electron chi connectivity index (χ3n) is 5.64. The number of imidazole rings is 1. The van der Waals surface area contributed by atoms with Gasteiger partial charge in [-0.25, -0.2) is 9.97 Å². The van der Waals surface area contributed by atoms with Gasteiger partial charge < -0.3 is 13.6 Å². The van der Waals surface area contributed by atoms with Crippen LogP contribution in [0.1, 0.15) is 67.6 Å². The van der Waals surface area contributed by atoms with Crippen molar-refractivity contribution in [1.29, 1.82) is 0 Å². The molecule has 0 saturated carbocycles. The Bertz CT molecular complexity index is 915. The molecule has 1 aliphatic heterocycles. The van der Waals surface area contributed by atoms with E-state index in [4.69, 9.17) is 4.42 Å². The highest BCUT2D eigenvalue weighted by Crippen LogP contribution is 2.28. The first-order valence-electron chi connectivity index (χ1n) is 10.0. The summed E-state index contributed by atoms with van der Waals surface area (Å²) >= 11 is 0. The molecular formula is C20H29N7O. The fourth-order valence-electron chi connectivity index (χ4n) is 3.83. The summed E-state index contributed by atoms with van der Waals surface area (Å²) in [6.07, 6.45) is 7.78. The van der Waals surface area contributed by atoms with Crippen molar-refractivity contribution in [1.82, 2.24) is 34.2 Å². The summed E-state index contributed by atoms with van der Waals surface area (Å²) in [6.45, 7) is 9.85. The van der Waals surface area contributed by atoms with Gasteiger partial charge in [-0.15, -0.1) is 10.2 Å². The van der Waals surface area contributed by atoms with Crippen LogP contribution in [0, 0.1) is 6.92 Å². The predicted octanol–water partition coefficient (Wildman–Crippen LogP) is 2.86. The van der Waals surface area contributed by atoms with Crippen molar-refractivity contribution in [3.05, 3.63) is 47.7 Å². The Hall–Kier alpha value is -2.48. The van der Waals surface area contributed by atoms with Crippen LogP contribution in [0.5, 0.6) is 0 Å². The summed E-state index contributed by atoms with van der Waals surface area (Å²) in [6, 6.07) is 0. The minimum Gasteiger partial charge on any atom is -0.448 e. The molecule has 1 fully saturated rings. The van der Waals surface area contributed by atoms with Gasteiger partial charge in [0.1, 0.15) is 17.9 Å². The zero-order valence-corrected chi connectivity index (χ0v) is 17.2. The first kappa shape index (κ1) is 18.9. The van der Waals surface area contributed by atoms with Crippen molar-refractivity contribution in [3.8, 4) is 0 Å². The van der Waals surface area contributed by atoms with E-state index in [0.717, 1.165) is 61.5 Å². The van der Waals surface area contributed by atoms with Crippen LogP contribution in [0.25, 0.3) is 0 Å². The molecule has 0 aliphatic carbocycles. The number of oxazole rings is 1. The van der Waals surface area contributed by atoms with Crippen molar-refractivity contribution in [2.75, 3.05) is 13.1 Å². The molecule has 0 unspecified atom stereocenters. The molecule has 0 amide bonds. The molecule has 0 bridgehead atoms. The number of aromatic nitrogens is 6. The number of piperidine rings is 1. The maximum atomic E-state index is 5.56. The number of hydrogen-bond donors (Lipinski definition) is 0. The van der Waals surface area contributed by atoms with E-state index >= 15 is 0 Å². The second-order valence-electron chi connectivity index (χ2n) is 8.02. The third-order valence-corrected chi connectivity index (χ3v) is 5.64. The zero-order valence-electron chi connectivity index (χ0n) is 17.2. The highest BCUT2D eigenvalue weighted by Gasteiger charge is 2.26. The molecule has 150 valence electrons. The molecule has 0 atom stereocenters. The van der Waals surface area contributed by atoms with E-state index in [1.54, 1.807) is 6.26 Å². The van der Waals surface area contributed by atoms with Crippen LogP contribution in [0.3, 0.4) is 0 Å². The van der Waals surface area contributed by atoms with Gasteiger partial charge in [0.25, 0.3) is 0 Å².